The Morgan fingerprint density at radius 1 is 1.50 bits per heavy atom. The van der Waals surface area contributed by atoms with E-state index in [0.717, 1.165) is 10.6 Å². The molecule has 0 aromatic carbocycles. The highest BCUT2D eigenvalue weighted by Gasteiger charge is 2.51. The summed E-state index contributed by atoms with van der Waals surface area (Å²) in [5.74, 6) is -0.200. The van der Waals surface area contributed by atoms with Crippen LogP contribution in [0.2, 0.25) is 0 Å². The van der Waals surface area contributed by atoms with E-state index in [1.165, 1.54) is 19.2 Å². The molecule has 4 N–H and O–H groups in total. The average molecular weight is 257 g/mol. The molecular formula is C11H15NO6. The van der Waals surface area contributed by atoms with Gasteiger partial charge in [-0.2, -0.15) is 0 Å². The summed E-state index contributed by atoms with van der Waals surface area (Å²) in [5, 5.41) is 38.0. The number of aromatic nitrogens is 1. The van der Waals surface area contributed by atoms with E-state index in [9.17, 15) is 15.0 Å². The molecule has 1 aliphatic rings. The topological polar surface area (TPSA) is 112 Å². The Kier molecular flexibility index (Phi) is 3.16. The van der Waals surface area contributed by atoms with Crippen molar-refractivity contribution in [2.75, 3.05) is 6.61 Å². The number of aliphatic hydroxyl groups excluding tert-OH is 3. The number of rotatable bonds is 2. The van der Waals surface area contributed by atoms with Gasteiger partial charge in [0.2, 0.25) is 0 Å². The first-order chi connectivity index (χ1) is 8.39. The van der Waals surface area contributed by atoms with Crippen LogP contribution in [0, 0.1) is 0 Å². The normalized spacial score (nSPS) is 35.9. The maximum absolute atomic E-state index is 11.6. The number of pyridine rings is 1. The largest absolute Gasteiger partial charge is 0.508 e. The van der Waals surface area contributed by atoms with Crippen molar-refractivity contribution in [2.45, 2.75) is 31.0 Å². The average Bonchev–Trinajstić information content (AvgIpc) is 2.55. The highest BCUT2D eigenvalue weighted by molar-refractivity contribution is 5.16. The molecule has 0 radical (unpaired) electrons. The minimum absolute atomic E-state index is 0.200. The van der Waals surface area contributed by atoms with E-state index in [0.29, 0.717) is 0 Å². The summed E-state index contributed by atoms with van der Waals surface area (Å²) in [6.07, 6.45) is -2.51. The zero-order valence-corrected chi connectivity index (χ0v) is 9.72. The molecule has 1 fully saturated rings. The van der Waals surface area contributed by atoms with Crippen LogP contribution in [-0.4, -0.2) is 49.4 Å². The van der Waals surface area contributed by atoms with Gasteiger partial charge >= 0.3 is 0 Å². The second kappa shape index (κ2) is 4.36. The fourth-order valence-electron chi connectivity index (χ4n) is 1.97. The molecule has 0 amide bonds. The Morgan fingerprint density at radius 3 is 2.67 bits per heavy atom. The van der Waals surface area contributed by atoms with Crippen molar-refractivity contribution in [3.63, 3.8) is 0 Å². The second-order valence-electron chi connectivity index (χ2n) is 4.55. The monoisotopic (exact) mass is 257 g/mol. The van der Waals surface area contributed by atoms with Gasteiger partial charge < -0.3 is 25.2 Å². The summed E-state index contributed by atoms with van der Waals surface area (Å²) in [6.45, 7) is 0.945. The molecule has 0 aliphatic carbocycles. The van der Waals surface area contributed by atoms with Crippen LogP contribution in [0.15, 0.2) is 23.1 Å². The van der Waals surface area contributed by atoms with Crippen LogP contribution >= 0.6 is 0 Å². The minimum atomic E-state index is -1.34. The molecule has 100 valence electrons. The van der Waals surface area contributed by atoms with E-state index < -0.39 is 36.2 Å². The van der Waals surface area contributed by atoms with Crippen LogP contribution in [0.1, 0.15) is 13.2 Å². The number of aliphatic hydroxyl groups is 3. The Morgan fingerprint density at radius 2 is 2.17 bits per heavy atom. The second-order valence-corrected chi connectivity index (χ2v) is 4.55. The number of ether oxygens (including phenoxy) is 1. The molecule has 0 saturated carbocycles. The lowest BCUT2D eigenvalue weighted by Crippen LogP contribution is -2.43. The van der Waals surface area contributed by atoms with E-state index in [4.69, 9.17) is 14.9 Å². The molecule has 18 heavy (non-hydrogen) atoms. The van der Waals surface area contributed by atoms with Gasteiger partial charge in [0.1, 0.15) is 23.6 Å². The van der Waals surface area contributed by atoms with Crippen molar-refractivity contribution in [1.29, 1.82) is 0 Å². The Labute approximate surface area is 102 Å². The van der Waals surface area contributed by atoms with Crippen molar-refractivity contribution in [2.24, 2.45) is 0 Å². The van der Waals surface area contributed by atoms with E-state index in [1.54, 1.807) is 0 Å². The quantitative estimate of drug-likeness (QED) is 0.516. The van der Waals surface area contributed by atoms with Gasteiger partial charge in [-0.15, -0.1) is 0 Å². The molecule has 0 bridgehead atoms. The molecule has 4 atom stereocenters. The summed E-state index contributed by atoms with van der Waals surface area (Å²) in [4.78, 5) is 11.6. The third kappa shape index (κ3) is 1.91. The summed E-state index contributed by atoms with van der Waals surface area (Å²) in [6, 6.07) is 2.23. The fraction of sp³-hybridized carbons (Fsp3) is 0.545. The highest BCUT2D eigenvalue weighted by Crippen LogP contribution is 2.36. The maximum atomic E-state index is 11.6. The summed E-state index contributed by atoms with van der Waals surface area (Å²) in [7, 11) is 0. The fourth-order valence-corrected chi connectivity index (χ4v) is 1.97. The number of nitrogens with zero attached hydrogens (tertiary/aromatic N) is 1. The first-order valence-electron chi connectivity index (χ1n) is 5.45. The SMILES string of the molecule is C[C@]1(CO)O[C@@H](n2ccc(O)cc2=O)[C@@H](O)C1O. The zero-order chi connectivity index (χ0) is 13.5. The van der Waals surface area contributed by atoms with Crippen LogP contribution in [-0.2, 0) is 4.74 Å². The van der Waals surface area contributed by atoms with Gasteiger partial charge in [-0.05, 0) is 13.0 Å². The van der Waals surface area contributed by atoms with Crippen molar-refractivity contribution in [3.05, 3.63) is 28.7 Å². The standard InChI is InChI=1S/C11H15NO6/c1-11(5-13)9(17)8(16)10(18-11)12-3-2-6(14)4-7(12)15/h2-4,8-10,13-14,16-17H,5H2,1H3/t8-,9?,10+,11+/m0/s1. The van der Waals surface area contributed by atoms with Crippen LogP contribution in [0.5, 0.6) is 5.75 Å². The predicted octanol–water partition coefficient (Wildman–Crippen LogP) is -1.44. The van der Waals surface area contributed by atoms with Gasteiger partial charge in [0.15, 0.2) is 6.23 Å². The lowest BCUT2D eigenvalue weighted by Gasteiger charge is -2.24. The summed E-state index contributed by atoms with van der Waals surface area (Å²) in [5.41, 5.74) is -1.91. The highest BCUT2D eigenvalue weighted by atomic mass is 16.6. The van der Waals surface area contributed by atoms with E-state index in [1.807, 2.05) is 0 Å². The maximum Gasteiger partial charge on any atom is 0.256 e. The molecule has 1 unspecified atom stereocenters. The molecule has 1 saturated heterocycles. The third-order valence-corrected chi connectivity index (χ3v) is 3.15. The van der Waals surface area contributed by atoms with Crippen molar-refractivity contribution in [3.8, 4) is 5.75 Å². The lowest BCUT2D eigenvalue weighted by molar-refractivity contribution is -0.117. The van der Waals surface area contributed by atoms with Crippen LogP contribution in [0.3, 0.4) is 0 Å². The number of hydrogen-bond donors (Lipinski definition) is 4. The Balaban J connectivity index is 2.38. The molecule has 0 spiro atoms. The first kappa shape index (κ1) is 13.0. The van der Waals surface area contributed by atoms with Gasteiger partial charge in [0.25, 0.3) is 5.56 Å². The third-order valence-electron chi connectivity index (χ3n) is 3.15. The Bertz CT molecular complexity index is 501. The Hall–Kier alpha value is -1.41. The molecule has 1 aromatic heterocycles. The van der Waals surface area contributed by atoms with Gasteiger partial charge in [-0.25, -0.2) is 0 Å². The van der Waals surface area contributed by atoms with E-state index in [2.05, 4.69) is 0 Å². The summed E-state index contributed by atoms with van der Waals surface area (Å²) >= 11 is 0. The van der Waals surface area contributed by atoms with Gasteiger partial charge in [0.05, 0.1) is 6.61 Å². The first-order valence-corrected chi connectivity index (χ1v) is 5.45. The molecule has 2 rings (SSSR count). The van der Waals surface area contributed by atoms with Crippen molar-refractivity contribution in [1.82, 2.24) is 4.57 Å². The molecule has 2 heterocycles. The lowest BCUT2D eigenvalue weighted by atomic mass is 9.99. The smallest absolute Gasteiger partial charge is 0.256 e. The molecule has 7 heteroatoms. The molecule has 1 aliphatic heterocycles. The van der Waals surface area contributed by atoms with Crippen LogP contribution < -0.4 is 5.56 Å². The molecular weight excluding hydrogens is 242 g/mol. The predicted molar refractivity (Wildman–Crippen MR) is 60.0 cm³/mol. The van der Waals surface area contributed by atoms with Crippen LogP contribution in [0.4, 0.5) is 0 Å². The van der Waals surface area contributed by atoms with Gasteiger partial charge in [0, 0.05) is 12.3 Å². The van der Waals surface area contributed by atoms with Crippen LogP contribution in [0.25, 0.3) is 0 Å². The van der Waals surface area contributed by atoms with Gasteiger partial charge in [-0.1, -0.05) is 0 Å². The summed E-state index contributed by atoms with van der Waals surface area (Å²) < 4.78 is 6.41. The van der Waals surface area contributed by atoms with Gasteiger partial charge in [-0.3, -0.25) is 9.36 Å². The van der Waals surface area contributed by atoms with Crippen molar-refractivity contribution >= 4 is 0 Å². The zero-order valence-electron chi connectivity index (χ0n) is 9.72. The van der Waals surface area contributed by atoms with E-state index >= 15 is 0 Å². The molecule has 1 aromatic rings. The van der Waals surface area contributed by atoms with Crippen molar-refractivity contribution < 1.29 is 25.2 Å². The minimum Gasteiger partial charge on any atom is -0.508 e. The molecule has 7 nitrogen and oxygen atoms in total. The van der Waals surface area contributed by atoms with E-state index in [-0.39, 0.29) is 5.75 Å². The number of aromatic hydroxyl groups is 1. The number of hydrogen-bond acceptors (Lipinski definition) is 6.